The SMILES string of the molecule is CC(=O)N1CCC(NC(=O)N2CCC[C@@H]2c2ccccc2)CC1. The molecule has 1 aromatic rings. The molecule has 1 aromatic carbocycles. The van der Waals surface area contributed by atoms with Crippen LogP contribution in [0.2, 0.25) is 0 Å². The summed E-state index contributed by atoms with van der Waals surface area (Å²) in [5.41, 5.74) is 1.21. The number of benzene rings is 1. The molecule has 0 unspecified atom stereocenters. The van der Waals surface area contributed by atoms with E-state index in [0.717, 1.165) is 45.3 Å². The molecule has 0 radical (unpaired) electrons. The van der Waals surface area contributed by atoms with Crippen LogP contribution >= 0.6 is 0 Å². The van der Waals surface area contributed by atoms with Crippen LogP contribution in [0.1, 0.15) is 44.2 Å². The first-order valence-corrected chi connectivity index (χ1v) is 8.53. The van der Waals surface area contributed by atoms with Crippen LogP contribution in [-0.4, -0.2) is 47.4 Å². The van der Waals surface area contributed by atoms with E-state index in [1.165, 1.54) is 5.56 Å². The van der Waals surface area contributed by atoms with E-state index in [-0.39, 0.29) is 24.0 Å². The second-order valence-corrected chi connectivity index (χ2v) is 6.49. The fourth-order valence-electron chi connectivity index (χ4n) is 3.63. The zero-order valence-corrected chi connectivity index (χ0v) is 13.7. The van der Waals surface area contributed by atoms with Crippen molar-refractivity contribution in [1.82, 2.24) is 15.1 Å². The molecule has 5 heteroatoms. The van der Waals surface area contributed by atoms with E-state index in [2.05, 4.69) is 17.4 Å². The molecule has 1 N–H and O–H groups in total. The Kier molecular flexibility index (Phi) is 4.84. The van der Waals surface area contributed by atoms with Crippen molar-refractivity contribution in [2.24, 2.45) is 0 Å². The lowest BCUT2D eigenvalue weighted by Crippen LogP contribution is -2.49. The van der Waals surface area contributed by atoms with E-state index in [4.69, 9.17) is 0 Å². The first kappa shape index (κ1) is 15.8. The monoisotopic (exact) mass is 315 g/mol. The number of nitrogens with zero attached hydrogens (tertiary/aromatic N) is 2. The zero-order valence-electron chi connectivity index (χ0n) is 13.7. The summed E-state index contributed by atoms with van der Waals surface area (Å²) in [4.78, 5) is 27.8. The highest BCUT2D eigenvalue weighted by Crippen LogP contribution is 2.31. The van der Waals surface area contributed by atoms with Gasteiger partial charge in [0, 0.05) is 32.6 Å². The Morgan fingerprint density at radius 1 is 1.04 bits per heavy atom. The summed E-state index contributed by atoms with van der Waals surface area (Å²) in [5, 5.41) is 3.17. The van der Waals surface area contributed by atoms with Crippen molar-refractivity contribution in [3.8, 4) is 0 Å². The van der Waals surface area contributed by atoms with Crippen LogP contribution < -0.4 is 5.32 Å². The predicted molar refractivity (Wildman–Crippen MR) is 88.9 cm³/mol. The van der Waals surface area contributed by atoms with Gasteiger partial charge in [-0.05, 0) is 31.2 Å². The summed E-state index contributed by atoms with van der Waals surface area (Å²) in [7, 11) is 0. The minimum atomic E-state index is 0.0395. The summed E-state index contributed by atoms with van der Waals surface area (Å²) in [6.07, 6.45) is 3.76. The average Bonchev–Trinajstić information content (AvgIpc) is 3.06. The number of amides is 3. The largest absolute Gasteiger partial charge is 0.343 e. The molecule has 1 atom stereocenters. The van der Waals surface area contributed by atoms with Crippen LogP contribution in [0, 0.1) is 0 Å². The number of nitrogens with one attached hydrogen (secondary N) is 1. The fraction of sp³-hybridized carbons (Fsp3) is 0.556. The maximum Gasteiger partial charge on any atom is 0.318 e. The van der Waals surface area contributed by atoms with Gasteiger partial charge in [-0.25, -0.2) is 4.79 Å². The number of likely N-dealkylation sites (tertiary alicyclic amines) is 2. The molecule has 0 bridgehead atoms. The van der Waals surface area contributed by atoms with Crippen LogP contribution in [-0.2, 0) is 4.79 Å². The lowest BCUT2D eigenvalue weighted by molar-refractivity contribution is -0.129. The Bertz CT molecular complexity index is 553. The molecule has 5 nitrogen and oxygen atoms in total. The number of rotatable bonds is 2. The lowest BCUT2D eigenvalue weighted by Gasteiger charge is -2.33. The smallest absolute Gasteiger partial charge is 0.318 e. The normalized spacial score (nSPS) is 22.2. The van der Waals surface area contributed by atoms with E-state index < -0.39 is 0 Å². The van der Waals surface area contributed by atoms with Gasteiger partial charge in [0.1, 0.15) is 0 Å². The van der Waals surface area contributed by atoms with Gasteiger partial charge in [0.25, 0.3) is 0 Å². The van der Waals surface area contributed by atoms with Crippen molar-refractivity contribution in [2.45, 2.75) is 44.7 Å². The van der Waals surface area contributed by atoms with E-state index in [0.29, 0.717) is 0 Å². The first-order valence-electron chi connectivity index (χ1n) is 8.53. The third kappa shape index (κ3) is 3.66. The average molecular weight is 315 g/mol. The van der Waals surface area contributed by atoms with Gasteiger partial charge in [-0.2, -0.15) is 0 Å². The number of carbonyl (C=O) groups excluding carboxylic acids is 2. The van der Waals surface area contributed by atoms with Gasteiger partial charge in [0.2, 0.25) is 5.91 Å². The Balaban J connectivity index is 1.57. The first-order chi connectivity index (χ1) is 11.1. The van der Waals surface area contributed by atoms with Gasteiger partial charge in [0.05, 0.1) is 6.04 Å². The summed E-state index contributed by atoms with van der Waals surface area (Å²) in [6.45, 7) is 3.90. The van der Waals surface area contributed by atoms with Gasteiger partial charge in [0.15, 0.2) is 0 Å². The van der Waals surface area contributed by atoms with Crippen molar-refractivity contribution in [2.75, 3.05) is 19.6 Å². The molecule has 2 saturated heterocycles. The predicted octanol–water partition coefficient (Wildman–Crippen LogP) is 2.54. The summed E-state index contributed by atoms with van der Waals surface area (Å²) < 4.78 is 0. The highest BCUT2D eigenvalue weighted by atomic mass is 16.2. The molecule has 0 saturated carbocycles. The number of carbonyl (C=O) groups is 2. The van der Waals surface area contributed by atoms with Crippen LogP contribution in [0.4, 0.5) is 4.79 Å². The summed E-state index contributed by atoms with van der Waals surface area (Å²) in [5.74, 6) is 0.124. The molecule has 124 valence electrons. The molecule has 0 spiro atoms. The standard InChI is InChI=1S/C18H25N3O2/c1-14(22)20-12-9-16(10-13-20)19-18(23)21-11-5-8-17(21)15-6-3-2-4-7-15/h2-4,6-7,16-17H,5,8-13H2,1H3,(H,19,23)/t17-/m1/s1. The summed E-state index contributed by atoms with van der Waals surface area (Å²) in [6, 6.07) is 10.7. The fourth-order valence-corrected chi connectivity index (χ4v) is 3.63. The molecule has 23 heavy (non-hydrogen) atoms. The van der Waals surface area contributed by atoms with E-state index in [1.54, 1.807) is 6.92 Å². The van der Waals surface area contributed by atoms with Crippen molar-refractivity contribution in [3.63, 3.8) is 0 Å². The Morgan fingerprint density at radius 3 is 2.39 bits per heavy atom. The van der Waals surface area contributed by atoms with Gasteiger partial charge in [-0.3, -0.25) is 4.79 Å². The zero-order chi connectivity index (χ0) is 16.2. The van der Waals surface area contributed by atoms with Crippen LogP contribution in [0.3, 0.4) is 0 Å². The highest BCUT2D eigenvalue weighted by molar-refractivity contribution is 5.76. The van der Waals surface area contributed by atoms with Gasteiger partial charge in [-0.15, -0.1) is 0 Å². The van der Waals surface area contributed by atoms with Crippen molar-refractivity contribution >= 4 is 11.9 Å². The third-order valence-corrected chi connectivity index (χ3v) is 4.97. The Hall–Kier alpha value is -2.04. The van der Waals surface area contributed by atoms with Crippen LogP contribution in [0.25, 0.3) is 0 Å². The Labute approximate surface area is 137 Å². The molecule has 2 heterocycles. The van der Waals surface area contributed by atoms with Crippen molar-refractivity contribution < 1.29 is 9.59 Å². The number of hydrogen-bond donors (Lipinski definition) is 1. The maximum atomic E-state index is 12.6. The van der Waals surface area contributed by atoms with Crippen LogP contribution in [0.15, 0.2) is 30.3 Å². The molecule has 2 aliphatic rings. The van der Waals surface area contributed by atoms with Crippen molar-refractivity contribution in [3.05, 3.63) is 35.9 Å². The molecule has 0 aliphatic carbocycles. The minimum Gasteiger partial charge on any atom is -0.343 e. The molecular formula is C18H25N3O2. The Morgan fingerprint density at radius 2 is 1.74 bits per heavy atom. The van der Waals surface area contributed by atoms with Crippen molar-refractivity contribution in [1.29, 1.82) is 0 Å². The molecular weight excluding hydrogens is 290 g/mol. The third-order valence-electron chi connectivity index (χ3n) is 4.97. The van der Waals surface area contributed by atoms with Gasteiger partial charge >= 0.3 is 6.03 Å². The second-order valence-electron chi connectivity index (χ2n) is 6.49. The molecule has 3 rings (SSSR count). The van der Waals surface area contributed by atoms with Gasteiger partial charge in [-0.1, -0.05) is 30.3 Å². The number of hydrogen-bond acceptors (Lipinski definition) is 2. The van der Waals surface area contributed by atoms with E-state index in [1.807, 2.05) is 28.0 Å². The molecule has 3 amide bonds. The molecule has 2 aliphatic heterocycles. The molecule has 0 aromatic heterocycles. The minimum absolute atomic E-state index is 0.0395. The topological polar surface area (TPSA) is 52.7 Å². The van der Waals surface area contributed by atoms with E-state index in [9.17, 15) is 9.59 Å². The number of urea groups is 1. The lowest BCUT2D eigenvalue weighted by atomic mass is 10.0. The highest BCUT2D eigenvalue weighted by Gasteiger charge is 2.31. The summed E-state index contributed by atoms with van der Waals surface area (Å²) >= 11 is 0. The quantitative estimate of drug-likeness (QED) is 0.912. The van der Waals surface area contributed by atoms with E-state index >= 15 is 0 Å². The molecule has 2 fully saturated rings. The van der Waals surface area contributed by atoms with Crippen LogP contribution in [0.5, 0.6) is 0 Å². The maximum absolute atomic E-state index is 12.6. The second kappa shape index (κ2) is 7.02. The van der Waals surface area contributed by atoms with Gasteiger partial charge < -0.3 is 15.1 Å². The number of piperidine rings is 1.